The van der Waals surface area contributed by atoms with E-state index in [9.17, 15) is 9.59 Å². The van der Waals surface area contributed by atoms with E-state index in [1.807, 2.05) is 0 Å². The molecular weight excluding hydrogens is 424 g/mol. The van der Waals surface area contributed by atoms with E-state index in [2.05, 4.69) is 11.4 Å². The first-order valence-corrected chi connectivity index (χ1v) is 9.87. The van der Waals surface area contributed by atoms with Crippen molar-refractivity contribution >= 4 is 17.6 Å². The second kappa shape index (κ2) is 10.7. The first-order valence-electron chi connectivity index (χ1n) is 9.87. The van der Waals surface area contributed by atoms with Crippen molar-refractivity contribution in [3.05, 3.63) is 83.4 Å². The van der Waals surface area contributed by atoms with Gasteiger partial charge in [0, 0.05) is 5.69 Å². The second-order valence-electron chi connectivity index (χ2n) is 6.82. The molecule has 3 aromatic rings. The summed E-state index contributed by atoms with van der Waals surface area (Å²) in [6.45, 7) is 0. The van der Waals surface area contributed by atoms with E-state index < -0.39 is 18.0 Å². The Kier molecular flexibility index (Phi) is 7.50. The van der Waals surface area contributed by atoms with Crippen LogP contribution in [-0.2, 0) is 14.3 Å². The van der Waals surface area contributed by atoms with Crippen LogP contribution in [-0.4, -0.2) is 33.3 Å². The molecule has 3 aromatic carbocycles. The lowest BCUT2D eigenvalue weighted by Gasteiger charge is -2.20. The highest BCUT2D eigenvalue weighted by atomic mass is 16.5. The van der Waals surface area contributed by atoms with Crippen LogP contribution >= 0.6 is 0 Å². The molecular formula is C25H22N2O6. The molecule has 0 saturated heterocycles. The zero-order valence-electron chi connectivity index (χ0n) is 18.3. The fraction of sp³-hybridized carbons (Fsp3) is 0.160. The Bertz CT molecular complexity index is 1170. The van der Waals surface area contributed by atoms with Gasteiger partial charge in [0.25, 0.3) is 0 Å². The first kappa shape index (κ1) is 23.2. The van der Waals surface area contributed by atoms with Crippen LogP contribution in [0.1, 0.15) is 27.5 Å². The Labute approximate surface area is 191 Å². The van der Waals surface area contributed by atoms with Crippen LogP contribution in [0.4, 0.5) is 5.69 Å². The van der Waals surface area contributed by atoms with Gasteiger partial charge in [-0.3, -0.25) is 0 Å². The molecule has 0 heterocycles. The Morgan fingerprint density at radius 3 is 2.15 bits per heavy atom. The topological polar surface area (TPSA) is 107 Å². The summed E-state index contributed by atoms with van der Waals surface area (Å²) in [6.07, 6.45) is 0. The van der Waals surface area contributed by atoms with Crippen LogP contribution in [0.25, 0.3) is 0 Å². The third-order valence-corrected chi connectivity index (χ3v) is 4.79. The second-order valence-corrected chi connectivity index (χ2v) is 6.82. The Hall–Kier alpha value is -4.51. The number of hydrogen-bond acceptors (Lipinski definition) is 8. The van der Waals surface area contributed by atoms with Crippen LogP contribution < -0.4 is 14.8 Å². The summed E-state index contributed by atoms with van der Waals surface area (Å²) in [4.78, 5) is 24.1. The molecule has 8 heteroatoms. The number of ether oxygens (including phenoxy) is 4. The van der Waals surface area contributed by atoms with E-state index in [4.69, 9.17) is 24.2 Å². The largest absolute Gasteiger partial charge is 0.493 e. The van der Waals surface area contributed by atoms with Gasteiger partial charge in [-0.05, 0) is 66.2 Å². The van der Waals surface area contributed by atoms with Gasteiger partial charge < -0.3 is 24.3 Å². The smallest absolute Gasteiger partial charge is 0.337 e. The summed E-state index contributed by atoms with van der Waals surface area (Å²) in [7, 11) is 4.12. The van der Waals surface area contributed by atoms with Crippen molar-refractivity contribution < 1.29 is 28.5 Å². The molecule has 0 bridgehead atoms. The minimum Gasteiger partial charge on any atom is -0.493 e. The van der Waals surface area contributed by atoms with Gasteiger partial charge in [0.1, 0.15) is 5.75 Å². The number of nitrogens with zero attached hydrogens (tertiary/aromatic N) is 1. The van der Waals surface area contributed by atoms with Crippen molar-refractivity contribution in [1.82, 2.24) is 0 Å². The SMILES string of the molecule is COC(=O)c1ccc(Oc2ccc(C(Nc3ccc(C#N)cc3)C(=O)OC)cc2OC)cc1. The van der Waals surface area contributed by atoms with Crippen LogP contribution in [0.3, 0.4) is 0 Å². The molecule has 3 rings (SSSR count). The Morgan fingerprint density at radius 2 is 1.58 bits per heavy atom. The zero-order chi connectivity index (χ0) is 23.8. The van der Waals surface area contributed by atoms with E-state index in [1.54, 1.807) is 66.7 Å². The molecule has 0 fully saturated rings. The number of carbonyl (C=O) groups is 2. The summed E-state index contributed by atoms with van der Waals surface area (Å²) in [6, 6.07) is 19.5. The lowest BCUT2D eigenvalue weighted by molar-refractivity contribution is -0.141. The molecule has 33 heavy (non-hydrogen) atoms. The predicted octanol–water partition coefficient (Wildman–Crippen LogP) is 4.47. The maximum atomic E-state index is 12.5. The molecule has 8 nitrogen and oxygen atoms in total. The maximum absolute atomic E-state index is 12.5. The number of hydrogen-bond donors (Lipinski definition) is 1. The van der Waals surface area contributed by atoms with Gasteiger partial charge in [-0.25, -0.2) is 9.59 Å². The van der Waals surface area contributed by atoms with Crippen molar-refractivity contribution in [2.45, 2.75) is 6.04 Å². The number of esters is 2. The highest BCUT2D eigenvalue weighted by Gasteiger charge is 2.23. The number of nitriles is 1. The monoisotopic (exact) mass is 446 g/mol. The van der Waals surface area contributed by atoms with E-state index in [0.29, 0.717) is 39.6 Å². The van der Waals surface area contributed by atoms with Crippen LogP contribution in [0, 0.1) is 11.3 Å². The quantitative estimate of drug-likeness (QED) is 0.505. The normalized spacial score (nSPS) is 11.0. The fourth-order valence-corrected chi connectivity index (χ4v) is 3.06. The van der Waals surface area contributed by atoms with Crippen molar-refractivity contribution in [1.29, 1.82) is 5.26 Å². The summed E-state index contributed by atoms with van der Waals surface area (Å²) in [5.74, 6) is 0.392. The molecule has 1 unspecified atom stereocenters. The van der Waals surface area contributed by atoms with Gasteiger partial charge in [0.05, 0.1) is 38.5 Å². The molecule has 0 spiro atoms. The standard InChI is InChI=1S/C25H22N2O6/c1-30-22-14-18(23(25(29)32-3)27-19-9-4-16(15-26)5-10-19)8-13-21(22)33-20-11-6-17(7-12-20)24(28)31-2/h4-14,23,27H,1-3H3. The number of carbonyl (C=O) groups excluding carboxylic acids is 2. The molecule has 0 radical (unpaired) electrons. The molecule has 0 aromatic heterocycles. The van der Waals surface area contributed by atoms with Gasteiger partial charge in [-0.1, -0.05) is 6.07 Å². The van der Waals surface area contributed by atoms with Crippen molar-refractivity contribution in [3.8, 4) is 23.3 Å². The molecule has 0 aliphatic rings. The van der Waals surface area contributed by atoms with Gasteiger partial charge in [0.15, 0.2) is 17.5 Å². The average molecular weight is 446 g/mol. The van der Waals surface area contributed by atoms with E-state index in [0.717, 1.165) is 0 Å². The third-order valence-electron chi connectivity index (χ3n) is 4.79. The first-order chi connectivity index (χ1) is 16.0. The van der Waals surface area contributed by atoms with Gasteiger partial charge >= 0.3 is 11.9 Å². The summed E-state index contributed by atoms with van der Waals surface area (Å²) >= 11 is 0. The van der Waals surface area contributed by atoms with Crippen molar-refractivity contribution in [3.63, 3.8) is 0 Å². The number of nitrogens with one attached hydrogen (secondary N) is 1. The van der Waals surface area contributed by atoms with Gasteiger partial charge in [0.2, 0.25) is 0 Å². The summed E-state index contributed by atoms with van der Waals surface area (Å²) in [5, 5.41) is 12.1. The van der Waals surface area contributed by atoms with Gasteiger partial charge in [-0.15, -0.1) is 0 Å². The minimum absolute atomic E-state index is 0.403. The molecule has 0 saturated carbocycles. The molecule has 1 atom stereocenters. The van der Waals surface area contributed by atoms with Crippen molar-refractivity contribution in [2.75, 3.05) is 26.6 Å². The highest BCUT2D eigenvalue weighted by molar-refractivity contribution is 5.89. The molecule has 0 aliphatic heterocycles. The van der Waals surface area contributed by atoms with Crippen LogP contribution in [0.2, 0.25) is 0 Å². The van der Waals surface area contributed by atoms with E-state index >= 15 is 0 Å². The number of methoxy groups -OCH3 is 3. The minimum atomic E-state index is -0.815. The number of benzene rings is 3. The average Bonchev–Trinajstić information content (AvgIpc) is 2.87. The molecule has 168 valence electrons. The zero-order valence-corrected chi connectivity index (χ0v) is 18.3. The maximum Gasteiger partial charge on any atom is 0.337 e. The van der Waals surface area contributed by atoms with Gasteiger partial charge in [-0.2, -0.15) is 5.26 Å². The van der Waals surface area contributed by atoms with E-state index in [1.165, 1.54) is 21.3 Å². The lowest BCUT2D eigenvalue weighted by Crippen LogP contribution is -2.22. The molecule has 0 aliphatic carbocycles. The number of anilines is 1. The predicted molar refractivity (Wildman–Crippen MR) is 120 cm³/mol. The highest BCUT2D eigenvalue weighted by Crippen LogP contribution is 2.35. The summed E-state index contributed by atoms with van der Waals surface area (Å²) < 4.78 is 21.0. The third kappa shape index (κ3) is 5.60. The lowest BCUT2D eigenvalue weighted by atomic mass is 10.1. The summed E-state index contributed by atoms with van der Waals surface area (Å²) in [5.41, 5.74) is 2.16. The van der Waals surface area contributed by atoms with Crippen LogP contribution in [0.5, 0.6) is 17.2 Å². The Balaban J connectivity index is 1.85. The Morgan fingerprint density at radius 1 is 0.879 bits per heavy atom. The van der Waals surface area contributed by atoms with Crippen molar-refractivity contribution in [2.24, 2.45) is 0 Å². The van der Waals surface area contributed by atoms with Crippen LogP contribution in [0.15, 0.2) is 66.7 Å². The van der Waals surface area contributed by atoms with E-state index in [-0.39, 0.29) is 0 Å². The molecule has 0 amide bonds. The number of rotatable bonds is 8. The fourth-order valence-electron chi connectivity index (χ4n) is 3.06. The molecule has 1 N–H and O–H groups in total.